The third-order valence-corrected chi connectivity index (χ3v) is 2.97. The molecule has 2 heterocycles. The summed E-state index contributed by atoms with van der Waals surface area (Å²) in [6.07, 6.45) is 1.32. The first-order chi connectivity index (χ1) is 6.82. The van der Waals surface area contributed by atoms with Gasteiger partial charge < -0.3 is 15.4 Å². The van der Waals surface area contributed by atoms with Crippen molar-refractivity contribution in [3.05, 3.63) is 11.8 Å². The lowest BCUT2D eigenvalue weighted by molar-refractivity contribution is -0.137. The standard InChI is InChI=1S/C11H18N2O2/c1-6-9-7(12)5-8(14)13(9)10(15-6)11(2,3)4/h5-6,9-10H,12H2,1-4H3/t6-,9-,10-/m1/s1. The first-order valence-corrected chi connectivity index (χ1v) is 5.27. The lowest BCUT2D eigenvalue weighted by Crippen LogP contribution is -2.45. The van der Waals surface area contributed by atoms with Crippen LogP contribution in [-0.2, 0) is 9.53 Å². The average molecular weight is 210 g/mol. The molecule has 0 radical (unpaired) electrons. The van der Waals surface area contributed by atoms with Gasteiger partial charge in [-0.05, 0) is 6.92 Å². The Balaban J connectivity index is 2.33. The molecule has 1 fully saturated rings. The van der Waals surface area contributed by atoms with Gasteiger partial charge in [0, 0.05) is 17.2 Å². The molecule has 84 valence electrons. The molecule has 0 saturated carbocycles. The highest BCUT2D eigenvalue weighted by Crippen LogP contribution is 2.39. The second kappa shape index (κ2) is 2.98. The van der Waals surface area contributed by atoms with Crippen molar-refractivity contribution in [1.29, 1.82) is 0 Å². The second-order valence-electron chi connectivity index (χ2n) is 5.39. The van der Waals surface area contributed by atoms with Crippen LogP contribution in [0.2, 0.25) is 0 Å². The average Bonchev–Trinajstić information content (AvgIpc) is 2.53. The summed E-state index contributed by atoms with van der Waals surface area (Å²) in [4.78, 5) is 13.5. The molecule has 4 heteroatoms. The summed E-state index contributed by atoms with van der Waals surface area (Å²) in [5, 5.41) is 0. The number of carbonyl (C=O) groups excluding carboxylic acids is 1. The number of rotatable bonds is 0. The van der Waals surface area contributed by atoms with E-state index in [1.807, 2.05) is 6.92 Å². The summed E-state index contributed by atoms with van der Waals surface area (Å²) in [6, 6.07) is -0.0678. The number of carbonyl (C=O) groups is 1. The van der Waals surface area contributed by atoms with Crippen LogP contribution in [0, 0.1) is 5.41 Å². The van der Waals surface area contributed by atoms with Crippen LogP contribution >= 0.6 is 0 Å². The van der Waals surface area contributed by atoms with E-state index in [2.05, 4.69) is 20.8 Å². The lowest BCUT2D eigenvalue weighted by atomic mass is 9.93. The van der Waals surface area contributed by atoms with Gasteiger partial charge in [-0.3, -0.25) is 4.79 Å². The molecular formula is C11H18N2O2. The molecular weight excluding hydrogens is 192 g/mol. The highest BCUT2D eigenvalue weighted by Gasteiger charge is 2.50. The Morgan fingerprint density at radius 2 is 2.07 bits per heavy atom. The monoisotopic (exact) mass is 210 g/mol. The number of ether oxygens (including phenoxy) is 1. The van der Waals surface area contributed by atoms with Gasteiger partial charge in [0.05, 0.1) is 6.10 Å². The van der Waals surface area contributed by atoms with Crippen LogP contribution in [0.1, 0.15) is 27.7 Å². The molecule has 0 unspecified atom stereocenters. The van der Waals surface area contributed by atoms with Crippen molar-refractivity contribution in [3.8, 4) is 0 Å². The SMILES string of the molecule is C[C@H]1O[C@H](C(C)(C)C)N2C(=O)C=C(N)[C@@H]12. The van der Waals surface area contributed by atoms with Crippen molar-refractivity contribution >= 4 is 5.91 Å². The highest BCUT2D eigenvalue weighted by atomic mass is 16.5. The molecule has 2 aliphatic heterocycles. The molecule has 0 aliphatic carbocycles. The van der Waals surface area contributed by atoms with E-state index in [0.717, 1.165) is 0 Å². The molecule has 4 nitrogen and oxygen atoms in total. The van der Waals surface area contributed by atoms with Crippen LogP contribution in [0.5, 0.6) is 0 Å². The smallest absolute Gasteiger partial charge is 0.251 e. The Morgan fingerprint density at radius 1 is 1.47 bits per heavy atom. The molecule has 3 atom stereocenters. The topological polar surface area (TPSA) is 55.6 Å². The van der Waals surface area contributed by atoms with E-state index < -0.39 is 0 Å². The summed E-state index contributed by atoms with van der Waals surface area (Å²) in [6.45, 7) is 8.15. The summed E-state index contributed by atoms with van der Waals surface area (Å²) < 4.78 is 5.82. The fourth-order valence-corrected chi connectivity index (χ4v) is 2.32. The maximum Gasteiger partial charge on any atom is 0.251 e. The molecule has 0 bridgehead atoms. The quantitative estimate of drug-likeness (QED) is 0.644. The Hall–Kier alpha value is -1.03. The van der Waals surface area contributed by atoms with Gasteiger partial charge in [0.2, 0.25) is 0 Å². The van der Waals surface area contributed by atoms with Crippen molar-refractivity contribution in [2.75, 3.05) is 0 Å². The van der Waals surface area contributed by atoms with Crippen LogP contribution in [0.3, 0.4) is 0 Å². The van der Waals surface area contributed by atoms with Gasteiger partial charge in [-0.15, -0.1) is 0 Å². The fraction of sp³-hybridized carbons (Fsp3) is 0.727. The molecule has 0 aromatic carbocycles. The molecule has 2 rings (SSSR count). The van der Waals surface area contributed by atoms with Crippen molar-refractivity contribution < 1.29 is 9.53 Å². The Labute approximate surface area is 90.1 Å². The predicted molar refractivity (Wildman–Crippen MR) is 56.7 cm³/mol. The minimum absolute atomic E-state index is 0.0167. The Bertz CT molecular complexity index is 330. The van der Waals surface area contributed by atoms with Crippen molar-refractivity contribution in [2.45, 2.75) is 46.1 Å². The molecule has 1 saturated heterocycles. The summed E-state index contributed by atoms with van der Waals surface area (Å²) in [7, 11) is 0. The number of nitrogens with two attached hydrogens (primary N) is 1. The maximum atomic E-state index is 11.8. The van der Waals surface area contributed by atoms with Gasteiger partial charge >= 0.3 is 0 Å². The van der Waals surface area contributed by atoms with Crippen molar-refractivity contribution in [1.82, 2.24) is 4.90 Å². The van der Waals surface area contributed by atoms with E-state index in [9.17, 15) is 4.79 Å². The van der Waals surface area contributed by atoms with Crippen LogP contribution < -0.4 is 5.73 Å². The van der Waals surface area contributed by atoms with E-state index in [1.54, 1.807) is 4.90 Å². The number of nitrogens with zero attached hydrogens (tertiary/aromatic N) is 1. The van der Waals surface area contributed by atoms with Crippen LogP contribution in [0.15, 0.2) is 11.8 Å². The first-order valence-electron chi connectivity index (χ1n) is 5.27. The third kappa shape index (κ3) is 1.44. The van der Waals surface area contributed by atoms with Crippen LogP contribution in [-0.4, -0.2) is 29.2 Å². The number of hydrogen-bond donors (Lipinski definition) is 1. The van der Waals surface area contributed by atoms with Gasteiger partial charge in [-0.25, -0.2) is 0 Å². The minimum atomic E-state index is -0.178. The van der Waals surface area contributed by atoms with Gasteiger partial charge in [-0.2, -0.15) is 0 Å². The van der Waals surface area contributed by atoms with Crippen LogP contribution in [0.4, 0.5) is 0 Å². The Morgan fingerprint density at radius 3 is 2.60 bits per heavy atom. The van der Waals surface area contributed by atoms with E-state index in [1.165, 1.54) is 6.08 Å². The maximum absolute atomic E-state index is 11.8. The minimum Gasteiger partial charge on any atom is -0.400 e. The van der Waals surface area contributed by atoms with Gasteiger partial charge in [0.25, 0.3) is 5.91 Å². The van der Waals surface area contributed by atoms with Gasteiger partial charge in [0.15, 0.2) is 0 Å². The molecule has 0 aromatic rings. The first kappa shape index (κ1) is 10.5. The van der Waals surface area contributed by atoms with Gasteiger partial charge in [-0.1, -0.05) is 20.8 Å². The second-order valence-corrected chi connectivity index (χ2v) is 5.39. The molecule has 0 aromatic heterocycles. The zero-order chi connectivity index (χ0) is 11.4. The third-order valence-electron chi connectivity index (χ3n) is 2.97. The van der Waals surface area contributed by atoms with E-state index in [4.69, 9.17) is 10.5 Å². The van der Waals surface area contributed by atoms with E-state index in [-0.39, 0.29) is 29.7 Å². The zero-order valence-electron chi connectivity index (χ0n) is 9.65. The lowest BCUT2D eigenvalue weighted by Gasteiger charge is -2.32. The number of amides is 1. The molecule has 0 spiro atoms. The molecule has 1 amide bonds. The molecule has 2 aliphatic rings. The summed E-state index contributed by atoms with van der Waals surface area (Å²) >= 11 is 0. The predicted octanol–water partition coefficient (Wildman–Crippen LogP) is 0.831. The van der Waals surface area contributed by atoms with E-state index in [0.29, 0.717) is 5.70 Å². The normalized spacial score (nSPS) is 35.7. The number of fused-ring (bicyclic) bond motifs is 1. The van der Waals surface area contributed by atoms with Gasteiger partial charge in [0.1, 0.15) is 12.3 Å². The summed E-state index contributed by atoms with van der Waals surface area (Å²) in [5.74, 6) is -0.0261. The molecule has 2 N–H and O–H groups in total. The Kier molecular flexibility index (Phi) is 2.08. The van der Waals surface area contributed by atoms with E-state index >= 15 is 0 Å². The van der Waals surface area contributed by atoms with Crippen molar-refractivity contribution in [2.24, 2.45) is 11.1 Å². The highest BCUT2D eigenvalue weighted by molar-refractivity contribution is 5.92. The largest absolute Gasteiger partial charge is 0.400 e. The summed E-state index contributed by atoms with van der Waals surface area (Å²) in [5.41, 5.74) is 6.36. The number of hydrogen-bond acceptors (Lipinski definition) is 3. The molecule has 15 heavy (non-hydrogen) atoms. The zero-order valence-corrected chi connectivity index (χ0v) is 9.65. The van der Waals surface area contributed by atoms with Crippen molar-refractivity contribution in [3.63, 3.8) is 0 Å². The fourth-order valence-electron chi connectivity index (χ4n) is 2.32. The van der Waals surface area contributed by atoms with Crippen LogP contribution in [0.25, 0.3) is 0 Å².